The topological polar surface area (TPSA) is 50.1 Å². The molecular weight excluding hydrogens is 338 g/mol. The van der Waals surface area contributed by atoms with E-state index in [-0.39, 0.29) is 6.61 Å². The Morgan fingerprint density at radius 3 is 2.85 bits per heavy atom. The highest BCUT2D eigenvalue weighted by molar-refractivity contribution is 9.11. The molecular formula is C15H10BrNO2S. The molecule has 0 aliphatic heterocycles. The first kappa shape index (κ1) is 14.5. The number of nitriles is 1. The van der Waals surface area contributed by atoms with Crippen LogP contribution in [0.5, 0.6) is 0 Å². The minimum absolute atomic E-state index is 0.0983. The van der Waals surface area contributed by atoms with Crippen molar-refractivity contribution in [1.82, 2.24) is 0 Å². The smallest absolute Gasteiger partial charge is 0.331 e. The van der Waals surface area contributed by atoms with Gasteiger partial charge in [-0.15, -0.1) is 11.3 Å². The number of benzene rings is 1. The quantitative estimate of drug-likeness (QED) is 0.616. The number of carbonyl (C=O) groups is 1. The minimum Gasteiger partial charge on any atom is -0.458 e. The molecule has 2 rings (SSSR count). The zero-order chi connectivity index (χ0) is 14.4. The second-order valence-corrected chi connectivity index (χ2v) is 6.35. The van der Waals surface area contributed by atoms with Crippen LogP contribution < -0.4 is 0 Å². The summed E-state index contributed by atoms with van der Waals surface area (Å²) < 4.78 is 6.12. The van der Waals surface area contributed by atoms with Crippen LogP contribution in [0.4, 0.5) is 0 Å². The summed E-state index contributed by atoms with van der Waals surface area (Å²) in [7, 11) is 0. The first-order valence-corrected chi connectivity index (χ1v) is 7.38. The SMILES string of the molecule is N#Cc1ccccc1COC(=O)/C=C/c1ccc(Br)s1. The summed E-state index contributed by atoms with van der Waals surface area (Å²) in [6.45, 7) is 0.0983. The van der Waals surface area contributed by atoms with Crippen molar-refractivity contribution < 1.29 is 9.53 Å². The van der Waals surface area contributed by atoms with E-state index in [1.807, 2.05) is 18.2 Å². The predicted octanol–water partition coefficient (Wildman–Crippen LogP) is 4.14. The fourth-order valence-corrected chi connectivity index (χ4v) is 2.85. The molecule has 0 unspecified atom stereocenters. The van der Waals surface area contributed by atoms with Crippen molar-refractivity contribution in [3.8, 4) is 6.07 Å². The van der Waals surface area contributed by atoms with E-state index in [1.165, 1.54) is 17.4 Å². The molecule has 1 aromatic carbocycles. The Balaban J connectivity index is 1.92. The number of esters is 1. The van der Waals surface area contributed by atoms with Crippen LogP contribution >= 0.6 is 27.3 Å². The molecule has 5 heteroatoms. The average molecular weight is 348 g/mol. The Bertz CT molecular complexity index is 685. The Morgan fingerprint density at radius 2 is 2.15 bits per heavy atom. The minimum atomic E-state index is -0.428. The van der Waals surface area contributed by atoms with E-state index in [0.29, 0.717) is 11.1 Å². The summed E-state index contributed by atoms with van der Waals surface area (Å²) >= 11 is 4.88. The lowest BCUT2D eigenvalue weighted by Gasteiger charge is -2.03. The molecule has 100 valence electrons. The van der Waals surface area contributed by atoms with Crippen LogP contribution in [-0.2, 0) is 16.1 Å². The number of hydrogen-bond acceptors (Lipinski definition) is 4. The fourth-order valence-electron chi connectivity index (χ4n) is 1.52. The molecule has 0 saturated carbocycles. The van der Waals surface area contributed by atoms with Crippen LogP contribution in [0.25, 0.3) is 6.08 Å². The Hall–Kier alpha value is -1.90. The van der Waals surface area contributed by atoms with Crippen molar-refractivity contribution in [2.24, 2.45) is 0 Å². The van der Waals surface area contributed by atoms with Gasteiger partial charge in [0.05, 0.1) is 15.4 Å². The van der Waals surface area contributed by atoms with Crippen LogP contribution in [0.15, 0.2) is 46.3 Å². The Labute approximate surface area is 129 Å². The summed E-state index contributed by atoms with van der Waals surface area (Å²) in [5.74, 6) is -0.428. The molecule has 0 atom stereocenters. The van der Waals surface area contributed by atoms with Crippen LogP contribution in [0, 0.1) is 11.3 Å². The molecule has 0 radical (unpaired) electrons. The maximum Gasteiger partial charge on any atom is 0.331 e. The number of halogens is 1. The normalized spacial score (nSPS) is 10.4. The third kappa shape index (κ3) is 4.05. The maximum atomic E-state index is 11.6. The van der Waals surface area contributed by atoms with Crippen molar-refractivity contribution in [1.29, 1.82) is 5.26 Å². The summed E-state index contributed by atoms with van der Waals surface area (Å²) in [6, 6.07) is 12.9. The first-order chi connectivity index (χ1) is 9.69. The molecule has 0 aliphatic carbocycles. The van der Waals surface area contributed by atoms with Crippen LogP contribution in [0.3, 0.4) is 0 Å². The zero-order valence-corrected chi connectivity index (χ0v) is 12.8. The van der Waals surface area contributed by atoms with Crippen molar-refractivity contribution in [3.63, 3.8) is 0 Å². The molecule has 3 nitrogen and oxygen atoms in total. The van der Waals surface area contributed by atoms with Gasteiger partial charge in [-0.3, -0.25) is 0 Å². The van der Waals surface area contributed by atoms with Crippen molar-refractivity contribution in [3.05, 3.63) is 62.3 Å². The van der Waals surface area contributed by atoms with E-state index in [1.54, 1.807) is 24.3 Å². The van der Waals surface area contributed by atoms with E-state index in [0.717, 1.165) is 8.66 Å². The number of thiophene rings is 1. The maximum absolute atomic E-state index is 11.6. The van der Waals surface area contributed by atoms with Crippen molar-refractivity contribution >= 4 is 39.3 Å². The van der Waals surface area contributed by atoms with E-state index in [2.05, 4.69) is 22.0 Å². The van der Waals surface area contributed by atoms with Gasteiger partial charge in [-0.25, -0.2) is 4.79 Å². The van der Waals surface area contributed by atoms with Gasteiger partial charge in [-0.05, 0) is 40.2 Å². The van der Waals surface area contributed by atoms with Gasteiger partial charge < -0.3 is 4.74 Å². The molecule has 0 aliphatic rings. The van der Waals surface area contributed by atoms with Crippen LogP contribution in [0.1, 0.15) is 16.0 Å². The average Bonchev–Trinajstić information content (AvgIpc) is 2.89. The lowest BCUT2D eigenvalue weighted by atomic mass is 10.1. The van der Waals surface area contributed by atoms with Crippen LogP contribution in [-0.4, -0.2) is 5.97 Å². The van der Waals surface area contributed by atoms with Gasteiger partial charge >= 0.3 is 5.97 Å². The van der Waals surface area contributed by atoms with Gasteiger partial charge in [-0.1, -0.05) is 18.2 Å². The molecule has 0 bridgehead atoms. The number of hydrogen-bond donors (Lipinski definition) is 0. The van der Waals surface area contributed by atoms with Crippen molar-refractivity contribution in [2.45, 2.75) is 6.61 Å². The highest BCUT2D eigenvalue weighted by atomic mass is 79.9. The molecule has 0 spiro atoms. The first-order valence-electron chi connectivity index (χ1n) is 5.77. The molecule has 0 saturated heterocycles. The van der Waals surface area contributed by atoms with Gasteiger partial charge in [0.2, 0.25) is 0 Å². The van der Waals surface area contributed by atoms with Gasteiger partial charge in [0, 0.05) is 16.5 Å². The third-order valence-electron chi connectivity index (χ3n) is 2.49. The van der Waals surface area contributed by atoms with Crippen LogP contribution in [0.2, 0.25) is 0 Å². The van der Waals surface area contributed by atoms with Crippen molar-refractivity contribution in [2.75, 3.05) is 0 Å². The second kappa shape index (κ2) is 7.04. The standard InChI is InChI=1S/C15H10BrNO2S/c16-14-7-5-13(20-14)6-8-15(18)19-10-12-4-2-1-3-11(12)9-17/h1-8H,10H2/b8-6+. The van der Waals surface area contributed by atoms with Gasteiger partial charge in [-0.2, -0.15) is 5.26 Å². The highest BCUT2D eigenvalue weighted by Gasteiger charge is 2.03. The zero-order valence-electron chi connectivity index (χ0n) is 10.4. The van der Waals surface area contributed by atoms with E-state index >= 15 is 0 Å². The summed E-state index contributed by atoms with van der Waals surface area (Å²) in [5, 5.41) is 8.93. The van der Waals surface area contributed by atoms with Gasteiger partial charge in [0.1, 0.15) is 6.61 Å². The summed E-state index contributed by atoms with van der Waals surface area (Å²) in [5.41, 5.74) is 1.22. The summed E-state index contributed by atoms with van der Waals surface area (Å²) in [6.07, 6.45) is 3.08. The fraction of sp³-hybridized carbons (Fsp3) is 0.0667. The number of nitrogens with zero attached hydrogens (tertiary/aromatic N) is 1. The Kier molecular flexibility index (Phi) is 5.10. The Morgan fingerprint density at radius 1 is 1.35 bits per heavy atom. The molecule has 0 N–H and O–H groups in total. The van der Waals surface area contributed by atoms with E-state index < -0.39 is 5.97 Å². The van der Waals surface area contributed by atoms with E-state index in [9.17, 15) is 4.79 Å². The molecule has 1 heterocycles. The monoisotopic (exact) mass is 347 g/mol. The number of ether oxygens (including phenoxy) is 1. The number of carbonyl (C=O) groups excluding carboxylic acids is 1. The predicted molar refractivity (Wildman–Crippen MR) is 82.0 cm³/mol. The molecule has 2 aromatic rings. The molecule has 0 amide bonds. The molecule has 1 aromatic heterocycles. The number of rotatable bonds is 4. The molecule has 20 heavy (non-hydrogen) atoms. The lowest BCUT2D eigenvalue weighted by molar-refractivity contribution is -0.138. The van der Waals surface area contributed by atoms with Gasteiger partial charge in [0.15, 0.2) is 0 Å². The van der Waals surface area contributed by atoms with E-state index in [4.69, 9.17) is 10.00 Å². The largest absolute Gasteiger partial charge is 0.458 e. The lowest BCUT2D eigenvalue weighted by Crippen LogP contribution is -2.02. The summed E-state index contributed by atoms with van der Waals surface area (Å²) in [4.78, 5) is 12.6. The third-order valence-corrected chi connectivity index (χ3v) is 4.07. The van der Waals surface area contributed by atoms with Gasteiger partial charge in [0.25, 0.3) is 0 Å². The second-order valence-electron chi connectivity index (χ2n) is 3.85. The highest BCUT2D eigenvalue weighted by Crippen LogP contribution is 2.23. The molecule has 0 fully saturated rings.